The molecule has 5 aromatic rings. The lowest BCUT2D eigenvalue weighted by Crippen LogP contribution is -2.29. The molecule has 6 rings (SSSR count). The molecule has 1 aliphatic heterocycles. The Balaban J connectivity index is 1.29. The summed E-state index contributed by atoms with van der Waals surface area (Å²) in [4.78, 5) is 45.6. The lowest BCUT2D eigenvalue weighted by molar-refractivity contribution is 0.0378. The number of ether oxygens (including phenoxy) is 1. The van der Waals surface area contributed by atoms with E-state index in [4.69, 9.17) is 4.74 Å². The van der Waals surface area contributed by atoms with E-state index in [1.807, 2.05) is 78.9 Å². The summed E-state index contributed by atoms with van der Waals surface area (Å²) in [6.07, 6.45) is -0.579. The van der Waals surface area contributed by atoms with E-state index in [0.29, 0.717) is 39.0 Å². The van der Waals surface area contributed by atoms with Gasteiger partial charge >= 0.3 is 5.97 Å². The second-order valence-electron chi connectivity index (χ2n) is 9.06. The maximum atomic E-state index is 13.4. The van der Waals surface area contributed by atoms with Crippen LogP contribution in [0.15, 0.2) is 109 Å². The number of benzene rings is 4. The lowest BCUT2D eigenvalue weighted by atomic mass is 10.0. The molecule has 0 saturated heterocycles. The number of aryl methyl sites for hydroxylation is 1. The van der Waals surface area contributed by atoms with Gasteiger partial charge in [0.15, 0.2) is 6.10 Å². The zero-order chi connectivity index (χ0) is 26.2. The maximum Gasteiger partial charge on any atom is 0.339 e. The van der Waals surface area contributed by atoms with Crippen molar-refractivity contribution in [2.45, 2.75) is 13.0 Å². The largest absolute Gasteiger partial charge is 0.449 e. The Morgan fingerprint density at radius 1 is 0.711 bits per heavy atom. The number of imide groups is 1. The predicted octanol–water partition coefficient (Wildman–Crippen LogP) is 6.29. The molecule has 0 unspecified atom stereocenters. The summed E-state index contributed by atoms with van der Waals surface area (Å²) in [7, 11) is 0. The molecule has 2 heterocycles. The summed E-state index contributed by atoms with van der Waals surface area (Å²) in [5.74, 6) is -1.35. The number of hydrogen-bond donors (Lipinski definition) is 0. The monoisotopic (exact) mass is 498 g/mol. The van der Waals surface area contributed by atoms with Gasteiger partial charge < -0.3 is 4.74 Å². The van der Waals surface area contributed by atoms with Gasteiger partial charge in [-0.2, -0.15) is 0 Å². The van der Waals surface area contributed by atoms with Gasteiger partial charge in [-0.25, -0.2) is 9.69 Å². The number of carbonyl (C=O) groups is 3. The summed E-state index contributed by atoms with van der Waals surface area (Å²) in [5, 5.41) is 0.641. The molecule has 0 aliphatic carbocycles. The SMILES string of the molecule is Cc1nc2ccccc2c2c1C(=O)N(c1ccc(C(=O)OC(c3ccccc3)c3ccccc3)cc1)C2=O. The third-order valence-corrected chi connectivity index (χ3v) is 6.70. The molecule has 0 fully saturated rings. The van der Waals surface area contributed by atoms with Gasteiger partial charge in [0, 0.05) is 5.39 Å². The van der Waals surface area contributed by atoms with E-state index in [-0.39, 0.29) is 0 Å². The summed E-state index contributed by atoms with van der Waals surface area (Å²) >= 11 is 0. The molecule has 4 aromatic carbocycles. The van der Waals surface area contributed by atoms with Crippen molar-refractivity contribution in [1.82, 2.24) is 4.98 Å². The normalized spacial score (nSPS) is 12.7. The van der Waals surface area contributed by atoms with Gasteiger partial charge in [-0.15, -0.1) is 0 Å². The fraction of sp³-hybridized carbons (Fsp3) is 0.0625. The Kier molecular flexibility index (Phi) is 5.77. The minimum Gasteiger partial charge on any atom is -0.449 e. The van der Waals surface area contributed by atoms with E-state index in [1.54, 1.807) is 37.3 Å². The van der Waals surface area contributed by atoms with Crippen LogP contribution in [-0.4, -0.2) is 22.8 Å². The molecule has 0 bridgehead atoms. The van der Waals surface area contributed by atoms with Gasteiger partial charge in [0.2, 0.25) is 0 Å². The van der Waals surface area contributed by atoms with E-state index in [9.17, 15) is 14.4 Å². The number of esters is 1. The van der Waals surface area contributed by atoms with Crippen LogP contribution >= 0.6 is 0 Å². The molecular weight excluding hydrogens is 476 g/mol. The number of rotatable bonds is 5. The minimum atomic E-state index is -0.579. The molecule has 0 atom stereocenters. The predicted molar refractivity (Wildman–Crippen MR) is 144 cm³/mol. The summed E-state index contributed by atoms with van der Waals surface area (Å²) in [6.45, 7) is 1.73. The first kappa shape index (κ1) is 23.3. The minimum absolute atomic E-state index is 0.311. The Bertz CT molecular complexity index is 1660. The van der Waals surface area contributed by atoms with Gasteiger partial charge in [0.05, 0.1) is 33.6 Å². The Labute approximate surface area is 219 Å². The molecule has 38 heavy (non-hydrogen) atoms. The molecule has 1 aliphatic rings. The topological polar surface area (TPSA) is 76.6 Å². The number of pyridine rings is 1. The molecule has 2 amide bonds. The Hall–Kier alpha value is -5.10. The number of fused-ring (bicyclic) bond motifs is 3. The average Bonchev–Trinajstić information content (AvgIpc) is 3.23. The van der Waals surface area contributed by atoms with E-state index >= 15 is 0 Å². The number of anilines is 1. The van der Waals surface area contributed by atoms with Crippen molar-refractivity contribution >= 4 is 34.4 Å². The van der Waals surface area contributed by atoms with Crippen molar-refractivity contribution in [1.29, 1.82) is 0 Å². The first-order chi connectivity index (χ1) is 18.5. The highest BCUT2D eigenvalue weighted by Crippen LogP contribution is 2.34. The number of carbonyl (C=O) groups excluding carboxylic acids is 3. The number of para-hydroxylation sites is 1. The molecule has 1 aromatic heterocycles. The van der Waals surface area contributed by atoms with Crippen LogP contribution in [0.1, 0.15) is 54.0 Å². The van der Waals surface area contributed by atoms with Crippen LogP contribution in [-0.2, 0) is 4.74 Å². The van der Waals surface area contributed by atoms with E-state index in [1.165, 1.54) is 0 Å². The standard InChI is InChI=1S/C32H22N2O4/c1-20-27-28(25-14-8-9-15-26(25)33-20)31(36)34(30(27)35)24-18-16-23(17-19-24)32(37)38-29(21-10-4-2-5-11-21)22-12-6-3-7-13-22/h2-19,29H,1H3. The van der Waals surface area contributed by atoms with E-state index in [2.05, 4.69) is 4.98 Å². The third kappa shape index (κ3) is 3.92. The van der Waals surface area contributed by atoms with Crippen LogP contribution in [0.3, 0.4) is 0 Å². The quantitative estimate of drug-likeness (QED) is 0.210. The zero-order valence-corrected chi connectivity index (χ0v) is 20.5. The second kappa shape index (κ2) is 9.41. The summed E-state index contributed by atoms with van der Waals surface area (Å²) < 4.78 is 5.94. The van der Waals surface area contributed by atoms with Crippen LogP contribution in [0.5, 0.6) is 0 Å². The summed E-state index contributed by atoms with van der Waals surface area (Å²) in [5.41, 5.74) is 4.23. The van der Waals surface area contributed by atoms with Crippen molar-refractivity contribution in [2.75, 3.05) is 4.90 Å². The first-order valence-corrected chi connectivity index (χ1v) is 12.2. The van der Waals surface area contributed by atoms with Crippen molar-refractivity contribution in [2.24, 2.45) is 0 Å². The van der Waals surface area contributed by atoms with E-state index in [0.717, 1.165) is 16.0 Å². The van der Waals surface area contributed by atoms with Crippen molar-refractivity contribution < 1.29 is 19.1 Å². The Morgan fingerprint density at radius 3 is 1.89 bits per heavy atom. The summed E-state index contributed by atoms with van der Waals surface area (Å²) in [6, 6.07) is 32.7. The highest BCUT2D eigenvalue weighted by atomic mass is 16.5. The van der Waals surface area contributed by atoms with Gasteiger partial charge in [0.1, 0.15) is 0 Å². The molecule has 6 heteroatoms. The van der Waals surface area contributed by atoms with Crippen molar-refractivity contribution in [3.8, 4) is 0 Å². The Morgan fingerprint density at radius 2 is 1.26 bits per heavy atom. The number of hydrogen-bond acceptors (Lipinski definition) is 5. The third-order valence-electron chi connectivity index (χ3n) is 6.70. The highest BCUT2D eigenvalue weighted by Gasteiger charge is 2.40. The van der Waals surface area contributed by atoms with Crippen LogP contribution in [0, 0.1) is 6.92 Å². The lowest BCUT2D eigenvalue weighted by Gasteiger charge is -2.19. The molecule has 6 nitrogen and oxygen atoms in total. The molecule has 0 saturated carbocycles. The highest BCUT2D eigenvalue weighted by molar-refractivity contribution is 6.37. The zero-order valence-electron chi connectivity index (χ0n) is 20.5. The smallest absolute Gasteiger partial charge is 0.339 e. The van der Waals surface area contributed by atoms with Crippen molar-refractivity contribution in [3.05, 3.63) is 143 Å². The van der Waals surface area contributed by atoms with Gasteiger partial charge in [0.25, 0.3) is 11.8 Å². The molecule has 0 N–H and O–H groups in total. The van der Waals surface area contributed by atoms with Crippen LogP contribution in [0.4, 0.5) is 5.69 Å². The van der Waals surface area contributed by atoms with Crippen LogP contribution in [0.25, 0.3) is 10.9 Å². The first-order valence-electron chi connectivity index (χ1n) is 12.2. The molecule has 0 spiro atoms. The van der Waals surface area contributed by atoms with Gasteiger partial charge in [-0.1, -0.05) is 78.9 Å². The fourth-order valence-electron chi connectivity index (χ4n) is 4.87. The fourth-order valence-corrected chi connectivity index (χ4v) is 4.87. The van der Waals surface area contributed by atoms with Gasteiger partial charge in [-0.3, -0.25) is 14.6 Å². The number of aromatic nitrogens is 1. The van der Waals surface area contributed by atoms with Crippen molar-refractivity contribution in [3.63, 3.8) is 0 Å². The van der Waals surface area contributed by atoms with E-state index < -0.39 is 23.9 Å². The maximum absolute atomic E-state index is 13.4. The molecular formula is C32H22N2O4. The second-order valence-corrected chi connectivity index (χ2v) is 9.06. The molecule has 0 radical (unpaired) electrons. The molecule has 184 valence electrons. The number of nitrogens with zero attached hydrogens (tertiary/aromatic N) is 2. The van der Waals surface area contributed by atoms with Gasteiger partial charge in [-0.05, 0) is 48.4 Å². The number of amides is 2. The average molecular weight is 499 g/mol. The van der Waals surface area contributed by atoms with Crippen LogP contribution in [0.2, 0.25) is 0 Å². The van der Waals surface area contributed by atoms with Crippen LogP contribution < -0.4 is 4.90 Å².